The minimum atomic E-state index is -0.149. The summed E-state index contributed by atoms with van der Waals surface area (Å²) in [7, 11) is 1.69. The minimum absolute atomic E-state index is 0.0400. The minimum Gasteiger partial charge on any atom is -0.497 e. The van der Waals surface area contributed by atoms with Crippen LogP contribution in [-0.4, -0.2) is 42.8 Å². The number of rotatable bonds is 4. The van der Waals surface area contributed by atoms with Gasteiger partial charge in [-0.1, -0.05) is 12.1 Å². The predicted octanol–water partition coefficient (Wildman–Crippen LogP) is 2.58. The molecule has 0 amide bonds. The molecule has 2 N–H and O–H groups in total. The molecule has 0 radical (unpaired) electrons. The van der Waals surface area contributed by atoms with Crippen LogP contribution in [0.5, 0.6) is 5.75 Å². The van der Waals surface area contributed by atoms with Gasteiger partial charge < -0.3 is 15.2 Å². The molecule has 1 aromatic carbocycles. The topological polar surface area (TPSA) is 47.7 Å². The Labute approximate surface area is 128 Å². The number of methoxy groups -OCH3 is 1. The zero-order valence-electron chi connectivity index (χ0n) is 13.8. The lowest BCUT2D eigenvalue weighted by atomic mass is 9.95. The SMILES string of the molecule is COc1cccc(C(C(C)N)N2CC(C)OC(C)(C)C2)c1. The van der Waals surface area contributed by atoms with Crippen LogP contribution in [0.3, 0.4) is 0 Å². The van der Waals surface area contributed by atoms with E-state index in [0.29, 0.717) is 0 Å². The summed E-state index contributed by atoms with van der Waals surface area (Å²) >= 11 is 0. The Kier molecular flexibility index (Phi) is 4.91. The van der Waals surface area contributed by atoms with Crippen LogP contribution >= 0.6 is 0 Å². The number of hydrogen-bond acceptors (Lipinski definition) is 4. The number of benzene rings is 1. The van der Waals surface area contributed by atoms with Gasteiger partial charge in [0.05, 0.1) is 18.8 Å². The molecule has 1 heterocycles. The van der Waals surface area contributed by atoms with Gasteiger partial charge in [-0.25, -0.2) is 0 Å². The van der Waals surface area contributed by atoms with Crippen LogP contribution in [0, 0.1) is 0 Å². The third-order valence-electron chi connectivity index (χ3n) is 3.92. The maximum absolute atomic E-state index is 6.30. The van der Waals surface area contributed by atoms with Crippen LogP contribution in [-0.2, 0) is 4.74 Å². The summed E-state index contributed by atoms with van der Waals surface area (Å²) in [5.41, 5.74) is 7.36. The lowest BCUT2D eigenvalue weighted by Crippen LogP contribution is -2.55. The van der Waals surface area contributed by atoms with E-state index >= 15 is 0 Å². The van der Waals surface area contributed by atoms with Crippen molar-refractivity contribution < 1.29 is 9.47 Å². The van der Waals surface area contributed by atoms with E-state index in [-0.39, 0.29) is 23.8 Å². The molecule has 1 saturated heterocycles. The van der Waals surface area contributed by atoms with Gasteiger partial charge in [-0.15, -0.1) is 0 Å². The molecule has 1 fully saturated rings. The van der Waals surface area contributed by atoms with Gasteiger partial charge in [-0.3, -0.25) is 4.90 Å². The highest BCUT2D eigenvalue weighted by Crippen LogP contribution is 2.32. The van der Waals surface area contributed by atoms with Crippen molar-refractivity contribution in [1.82, 2.24) is 4.90 Å². The third-order valence-corrected chi connectivity index (χ3v) is 3.92. The fourth-order valence-corrected chi connectivity index (χ4v) is 3.39. The molecule has 1 aromatic rings. The van der Waals surface area contributed by atoms with Crippen molar-refractivity contribution in [1.29, 1.82) is 0 Å². The van der Waals surface area contributed by atoms with Gasteiger partial charge in [0, 0.05) is 25.2 Å². The Morgan fingerprint density at radius 2 is 2.14 bits per heavy atom. The van der Waals surface area contributed by atoms with Crippen LogP contribution in [0.25, 0.3) is 0 Å². The van der Waals surface area contributed by atoms with Crippen LogP contribution in [0.2, 0.25) is 0 Å². The second-order valence-electron chi connectivity index (χ2n) is 6.70. The number of ether oxygens (including phenoxy) is 2. The molecule has 3 unspecified atom stereocenters. The first-order valence-corrected chi connectivity index (χ1v) is 7.64. The molecule has 3 atom stereocenters. The van der Waals surface area contributed by atoms with Crippen LogP contribution in [0.15, 0.2) is 24.3 Å². The quantitative estimate of drug-likeness (QED) is 0.926. The van der Waals surface area contributed by atoms with Crippen molar-refractivity contribution in [3.8, 4) is 5.75 Å². The average Bonchev–Trinajstić information content (AvgIpc) is 2.36. The number of nitrogens with zero attached hydrogens (tertiary/aromatic N) is 1. The molecule has 0 bridgehead atoms. The van der Waals surface area contributed by atoms with Crippen LogP contribution in [0.4, 0.5) is 0 Å². The zero-order chi connectivity index (χ0) is 15.6. The monoisotopic (exact) mass is 292 g/mol. The first-order chi connectivity index (χ1) is 9.82. The Balaban J connectivity index is 2.30. The molecule has 2 rings (SSSR count). The number of hydrogen-bond donors (Lipinski definition) is 1. The van der Waals surface area contributed by atoms with Crippen molar-refractivity contribution in [3.05, 3.63) is 29.8 Å². The highest BCUT2D eigenvalue weighted by molar-refractivity contribution is 5.31. The Morgan fingerprint density at radius 1 is 1.43 bits per heavy atom. The predicted molar refractivity (Wildman–Crippen MR) is 85.6 cm³/mol. The molecule has 0 saturated carbocycles. The van der Waals surface area contributed by atoms with E-state index in [4.69, 9.17) is 15.2 Å². The van der Waals surface area contributed by atoms with Crippen molar-refractivity contribution in [2.24, 2.45) is 5.73 Å². The van der Waals surface area contributed by atoms with Gasteiger partial charge in [0.15, 0.2) is 0 Å². The summed E-state index contributed by atoms with van der Waals surface area (Å²) in [5, 5.41) is 0. The smallest absolute Gasteiger partial charge is 0.119 e. The van der Waals surface area contributed by atoms with E-state index in [2.05, 4.69) is 44.7 Å². The Morgan fingerprint density at radius 3 is 2.71 bits per heavy atom. The fraction of sp³-hybridized carbons (Fsp3) is 0.647. The fourth-order valence-electron chi connectivity index (χ4n) is 3.39. The molecule has 0 aliphatic carbocycles. The molecule has 4 nitrogen and oxygen atoms in total. The Hall–Kier alpha value is -1.10. The molecule has 21 heavy (non-hydrogen) atoms. The van der Waals surface area contributed by atoms with Crippen molar-refractivity contribution in [3.63, 3.8) is 0 Å². The number of nitrogens with two attached hydrogens (primary N) is 1. The second-order valence-corrected chi connectivity index (χ2v) is 6.70. The molecule has 1 aliphatic rings. The van der Waals surface area contributed by atoms with E-state index in [1.165, 1.54) is 5.56 Å². The van der Waals surface area contributed by atoms with Gasteiger partial charge >= 0.3 is 0 Å². The van der Waals surface area contributed by atoms with E-state index in [9.17, 15) is 0 Å². The third kappa shape index (κ3) is 3.96. The molecular weight excluding hydrogens is 264 g/mol. The summed E-state index contributed by atoms with van der Waals surface area (Å²) in [4.78, 5) is 2.44. The van der Waals surface area contributed by atoms with E-state index < -0.39 is 0 Å². The van der Waals surface area contributed by atoms with E-state index in [1.54, 1.807) is 7.11 Å². The molecule has 0 spiro atoms. The van der Waals surface area contributed by atoms with Gasteiger partial charge in [-0.05, 0) is 45.4 Å². The maximum Gasteiger partial charge on any atom is 0.119 e. The van der Waals surface area contributed by atoms with Crippen LogP contribution < -0.4 is 10.5 Å². The molecule has 0 aromatic heterocycles. The summed E-state index contributed by atoms with van der Waals surface area (Å²) in [5.74, 6) is 0.874. The van der Waals surface area contributed by atoms with Crippen LogP contribution in [0.1, 0.15) is 39.3 Å². The lowest BCUT2D eigenvalue weighted by Gasteiger charge is -2.46. The summed E-state index contributed by atoms with van der Waals surface area (Å²) in [6.07, 6.45) is 0.209. The van der Waals surface area contributed by atoms with E-state index in [1.807, 2.05) is 12.1 Å². The molecule has 118 valence electrons. The first-order valence-electron chi connectivity index (χ1n) is 7.64. The highest BCUT2D eigenvalue weighted by Gasteiger charge is 2.36. The Bertz CT molecular complexity index is 474. The zero-order valence-corrected chi connectivity index (χ0v) is 13.8. The van der Waals surface area contributed by atoms with Crippen molar-refractivity contribution >= 4 is 0 Å². The summed E-state index contributed by atoms with van der Waals surface area (Å²) < 4.78 is 11.4. The van der Waals surface area contributed by atoms with Crippen molar-refractivity contribution in [2.45, 2.75) is 51.5 Å². The molecule has 4 heteroatoms. The average molecular weight is 292 g/mol. The standard InChI is InChI=1S/C17H28N2O2/c1-12-10-19(11-17(3,4)21-12)16(13(2)18)14-7-6-8-15(9-14)20-5/h6-9,12-13,16H,10-11,18H2,1-5H3. The van der Waals surface area contributed by atoms with E-state index in [0.717, 1.165) is 18.8 Å². The van der Waals surface area contributed by atoms with Crippen molar-refractivity contribution in [2.75, 3.05) is 20.2 Å². The maximum atomic E-state index is 6.30. The lowest BCUT2D eigenvalue weighted by molar-refractivity contribution is -0.139. The van der Waals surface area contributed by atoms with Gasteiger partial charge in [0.1, 0.15) is 5.75 Å². The normalized spacial score (nSPS) is 25.3. The summed E-state index contributed by atoms with van der Waals surface area (Å²) in [6, 6.07) is 8.42. The van der Waals surface area contributed by atoms with Gasteiger partial charge in [0.25, 0.3) is 0 Å². The first kappa shape index (κ1) is 16.3. The van der Waals surface area contributed by atoms with Gasteiger partial charge in [-0.2, -0.15) is 0 Å². The largest absolute Gasteiger partial charge is 0.497 e. The highest BCUT2D eigenvalue weighted by atomic mass is 16.5. The molecule has 1 aliphatic heterocycles. The van der Waals surface area contributed by atoms with Gasteiger partial charge in [0.2, 0.25) is 0 Å². The molecular formula is C17H28N2O2. The summed E-state index contributed by atoms with van der Waals surface area (Å²) in [6.45, 7) is 10.2. The second kappa shape index (κ2) is 6.34. The number of morpholine rings is 1.